The number of aromatic nitrogens is 12. The zero-order valence-corrected chi connectivity index (χ0v) is 61.7. The van der Waals surface area contributed by atoms with Gasteiger partial charge in [-0.15, -0.1) is 30.6 Å². The molecule has 7 aromatic heterocycles. The SMILES string of the molecule is c1ccc(-n2nc3cc(-c4ccc5oc6ccccc6c5c4)cc(-c4ccc5c(c4)c4ccccc4n5-c4ccccc4)c3n2)cc1.c1ccc(-n2nc3ccc(-n4c5ccc6ccccc6c5c5c6ccccc6ccc54)cc3n2)cc1.c1ccc(-n2nc3ccc(-n4c5ccccc5c5c6ccccc6ccc54)cc3n2)cc1. The molecule has 0 unspecified atom stereocenters. The van der Waals surface area contributed by atoms with Crippen LogP contribution in [0.4, 0.5) is 0 Å². The van der Waals surface area contributed by atoms with Gasteiger partial charge in [0.25, 0.3) is 0 Å². The monoisotopic (exact) mass is 1470 g/mol. The van der Waals surface area contributed by atoms with E-state index in [1.54, 1.807) is 14.4 Å². The quantitative estimate of drug-likeness (QED) is 0.149. The first-order valence-electron chi connectivity index (χ1n) is 38.6. The van der Waals surface area contributed by atoms with E-state index >= 15 is 0 Å². The molecule has 0 saturated heterocycles. The Balaban J connectivity index is 0.000000104. The summed E-state index contributed by atoms with van der Waals surface area (Å²) >= 11 is 0. The largest absolute Gasteiger partial charge is 0.456 e. The lowest BCUT2D eigenvalue weighted by atomic mass is 9.95. The van der Waals surface area contributed by atoms with Gasteiger partial charge >= 0.3 is 0 Å². The molecule has 0 radical (unpaired) electrons. The highest BCUT2D eigenvalue weighted by atomic mass is 16.3. The van der Waals surface area contributed by atoms with Crippen molar-refractivity contribution < 1.29 is 4.42 Å². The molecule has 0 aliphatic rings. The molecular weight excluding hydrogens is 1410 g/mol. The van der Waals surface area contributed by atoms with E-state index < -0.39 is 0 Å². The van der Waals surface area contributed by atoms with Gasteiger partial charge in [-0.2, -0.15) is 14.4 Å². The highest BCUT2D eigenvalue weighted by Crippen LogP contribution is 2.44. The predicted molar refractivity (Wildman–Crippen MR) is 470 cm³/mol. The lowest BCUT2D eigenvalue weighted by Gasteiger charge is -2.10. The molecule has 0 N–H and O–H groups in total. The van der Waals surface area contributed by atoms with Crippen LogP contribution in [-0.2, 0) is 0 Å². The van der Waals surface area contributed by atoms with Crippen LogP contribution in [0.3, 0.4) is 0 Å². The van der Waals surface area contributed by atoms with Crippen LogP contribution in [0.25, 0.3) is 209 Å². The lowest BCUT2D eigenvalue weighted by Crippen LogP contribution is -1.97. The van der Waals surface area contributed by atoms with E-state index in [0.29, 0.717) is 0 Å². The Morgan fingerprint density at radius 3 is 1.16 bits per heavy atom. The first-order valence-corrected chi connectivity index (χ1v) is 38.6. The second-order valence-electron chi connectivity index (χ2n) is 29.2. The van der Waals surface area contributed by atoms with Gasteiger partial charge < -0.3 is 18.1 Å². The fraction of sp³-hybridized carbons (Fsp3) is 0. The van der Waals surface area contributed by atoms with Gasteiger partial charge in [0, 0.05) is 65.7 Å². The number of fused-ring (bicyclic) bond motifs is 21. The maximum atomic E-state index is 6.14. The van der Waals surface area contributed by atoms with Crippen molar-refractivity contribution in [2.24, 2.45) is 0 Å². The molecule has 115 heavy (non-hydrogen) atoms. The summed E-state index contributed by atoms with van der Waals surface area (Å²) in [6.07, 6.45) is 0. The second kappa shape index (κ2) is 26.4. The minimum absolute atomic E-state index is 0.838. The van der Waals surface area contributed by atoms with E-state index in [-0.39, 0.29) is 0 Å². The highest BCUT2D eigenvalue weighted by Gasteiger charge is 2.23. The molecule has 13 heteroatoms. The van der Waals surface area contributed by atoms with E-state index in [0.717, 1.165) is 111 Å². The van der Waals surface area contributed by atoms with Gasteiger partial charge in [0.2, 0.25) is 0 Å². The Hall–Kier alpha value is -15.9. The molecule has 25 aromatic rings. The molecule has 538 valence electrons. The summed E-state index contributed by atoms with van der Waals surface area (Å²) in [6, 6.07) is 136. The van der Waals surface area contributed by atoms with E-state index in [9.17, 15) is 0 Å². The van der Waals surface area contributed by atoms with Gasteiger partial charge in [-0.25, -0.2) is 0 Å². The van der Waals surface area contributed by atoms with Crippen molar-refractivity contribution in [1.82, 2.24) is 58.7 Å². The molecule has 0 amide bonds. The number of hydrogen-bond acceptors (Lipinski definition) is 7. The summed E-state index contributed by atoms with van der Waals surface area (Å²) in [5.74, 6) is 0. The molecular formula is C102H64N12O. The number of hydrogen-bond donors (Lipinski definition) is 0. The Kier molecular flexibility index (Phi) is 15.0. The molecule has 0 atom stereocenters. The van der Waals surface area contributed by atoms with E-state index in [2.05, 4.69) is 304 Å². The highest BCUT2D eigenvalue weighted by molar-refractivity contribution is 6.29. The van der Waals surface area contributed by atoms with Crippen molar-refractivity contribution in [1.29, 1.82) is 0 Å². The number of benzene rings is 18. The molecule has 25 rings (SSSR count). The molecule has 13 nitrogen and oxygen atoms in total. The molecule has 0 bridgehead atoms. The molecule has 18 aromatic carbocycles. The summed E-state index contributed by atoms with van der Waals surface area (Å²) in [7, 11) is 0. The van der Waals surface area contributed by atoms with E-state index in [4.69, 9.17) is 29.9 Å². The smallest absolute Gasteiger partial charge is 0.135 e. The van der Waals surface area contributed by atoms with Gasteiger partial charge in [-0.05, 0) is 207 Å². The third-order valence-corrected chi connectivity index (χ3v) is 22.5. The Morgan fingerprint density at radius 2 is 0.583 bits per heavy atom. The number of nitrogens with zero attached hydrogens (tertiary/aromatic N) is 12. The summed E-state index contributed by atoms with van der Waals surface area (Å²) in [4.78, 5) is 5.15. The maximum absolute atomic E-state index is 6.14. The van der Waals surface area contributed by atoms with Crippen molar-refractivity contribution in [2.45, 2.75) is 0 Å². The molecule has 0 aliphatic carbocycles. The van der Waals surface area contributed by atoms with Crippen molar-refractivity contribution >= 4 is 153 Å². The van der Waals surface area contributed by atoms with Crippen LogP contribution in [-0.4, -0.2) is 58.7 Å². The van der Waals surface area contributed by atoms with Gasteiger partial charge in [0.15, 0.2) is 0 Å². The van der Waals surface area contributed by atoms with Crippen LogP contribution in [0.1, 0.15) is 0 Å². The third kappa shape index (κ3) is 10.9. The van der Waals surface area contributed by atoms with Crippen molar-refractivity contribution in [2.75, 3.05) is 0 Å². The van der Waals surface area contributed by atoms with E-state index in [1.165, 1.54) is 97.7 Å². The van der Waals surface area contributed by atoms with Crippen LogP contribution in [0.2, 0.25) is 0 Å². The molecule has 0 saturated carbocycles. The normalized spacial score (nSPS) is 11.8. The topological polar surface area (TPSA) is 120 Å². The lowest BCUT2D eigenvalue weighted by molar-refractivity contribution is 0.669. The Labute approximate surface area is 656 Å². The van der Waals surface area contributed by atoms with Crippen molar-refractivity contribution in [3.8, 4) is 56.4 Å². The average molecular weight is 1470 g/mol. The fourth-order valence-corrected chi connectivity index (χ4v) is 17.3. The molecule has 7 heterocycles. The zero-order valence-electron chi connectivity index (χ0n) is 61.7. The summed E-state index contributed by atoms with van der Waals surface area (Å²) < 4.78 is 13.2. The van der Waals surface area contributed by atoms with Gasteiger partial charge in [-0.3, -0.25) is 0 Å². The molecule has 0 spiro atoms. The molecule has 0 aliphatic heterocycles. The number of furan rings is 1. The number of rotatable bonds is 8. The third-order valence-electron chi connectivity index (χ3n) is 22.5. The number of para-hydroxylation sites is 7. The van der Waals surface area contributed by atoms with Crippen molar-refractivity contribution in [3.05, 3.63) is 388 Å². The minimum atomic E-state index is 0.838. The van der Waals surface area contributed by atoms with Crippen LogP contribution in [0, 0.1) is 0 Å². The van der Waals surface area contributed by atoms with E-state index in [1.807, 2.05) is 103 Å². The van der Waals surface area contributed by atoms with Crippen LogP contribution in [0.15, 0.2) is 393 Å². The van der Waals surface area contributed by atoms with Gasteiger partial charge in [0.05, 0.1) is 50.2 Å². The fourth-order valence-electron chi connectivity index (χ4n) is 17.3. The summed E-state index contributed by atoms with van der Waals surface area (Å²) in [5.41, 5.74) is 24.5. The first-order chi connectivity index (χ1) is 57.0. The second-order valence-corrected chi connectivity index (χ2v) is 29.2. The van der Waals surface area contributed by atoms with Crippen molar-refractivity contribution in [3.63, 3.8) is 0 Å². The zero-order chi connectivity index (χ0) is 75.6. The minimum Gasteiger partial charge on any atom is -0.456 e. The predicted octanol–water partition coefficient (Wildman–Crippen LogP) is 25.2. The van der Waals surface area contributed by atoms with Gasteiger partial charge in [0.1, 0.15) is 44.3 Å². The van der Waals surface area contributed by atoms with Gasteiger partial charge in [-0.1, -0.05) is 231 Å². The Bertz CT molecular complexity index is 8080. The van der Waals surface area contributed by atoms with Crippen LogP contribution < -0.4 is 0 Å². The maximum Gasteiger partial charge on any atom is 0.135 e. The molecule has 0 fully saturated rings. The summed E-state index contributed by atoms with van der Waals surface area (Å²) in [5, 5.41) is 46.3. The summed E-state index contributed by atoms with van der Waals surface area (Å²) in [6.45, 7) is 0. The first kappa shape index (κ1) is 65.1. The standard InChI is InChI=1S/C42H26N4O.C32H20N4.C28H18N4/c1-3-11-30(12-4-1)45-38-17-9-7-15-32(38)35-24-28(19-21-39(35)45)34-25-29(26-37-42(34)44-46(43-37)31-13-5-2-6-14-31)27-20-22-41-36(23-27)33-16-8-10-18-40(33)47-41;1-2-10-23(11-3-1)36-33-27-17-16-24(20-28(27)34-36)35-29-18-14-21-8-4-6-12-25(21)31(29)32-26-13-7-5-9-22(26)15-19-30(32)35;1-2-9-20(10-3-1)32-29-24-16-15-21(18-25(24)30-32)31-26-13-7-6-12-23(26)28-22-11-5-4-8-19(22)14-17-27(28)31/h1-26H;1-20H;1-18H. The van der Waals surface area contributed by atoms with Crippen LogP contribution >= 0.6 is 0 Å². The van der Waals surface area contributed by atoms with Crippen LogP contribution in [0.5, 0.6) is 0 Å². The Morgan fingerprint density at radius 1 is 0.191 bits per heavy atom. The average Bonchev–Trinajstić information content (AvgIpc) is 1.57.